The van der Waals surface area contributed by atoms with Crippen LogP contribution in [0.2, 0.25) is 0 Å². The summed E-state index contributed by atoms with van der Waals surface area (Å²) in [6.45, 7) is 2.07. The molecule has 0 radical (unpaired) electrons. The zero-order valence-corrected chi connectivity index (χ0v) is 11.5. The molecule has 2 rings (SSSR count). The molecule has 0 spiro atoms. The van der Waals surface area contributed by atoms with Crippen molar-refractivity contribution >= 4 is 27.6 Å². The summed E-state index contributed by atoms with van der Waals surface area (Å²) in [6.07, 6.45) is 1.46. The lowest BCUT2D eigenvalue weighted by Gasteiger charge is -2.16. The summed E-state index contributed by atoms with van der Waals surface area (Å²) in [6, 6.07) is 10.3. The summed E-state index contributed by atoms with van der Waals surface area (Å²) in [4.78, 5) is 8.19. The maximum atomic E-state index is 5.36. The van der Waals surface area contributed by atoms with Crippen LogP contribution in [0.4, 0.5) is 11.6 Å². The zero-order chi connectivity index (χ0) is 13.0. The average Bonchev–Trinajstić information content (AvgIpc) is 2.42. The van der Waals surface area contributed by atoms with Crippen molar-refractivity contribution in [1.29, 1.82) is 0 Å². The highest BCUT2D eigenvalue weighted by atomic mass is 79.9. The molecule has 0 amide bonds. The number of aromatic nitrogens is 2. The fourth-order valence-electron chi connectivity index (χ4n) is 1.60. The summed E-state index contributed by atoms with van der Waals surface area (Å²) in [5, 5.41) is 3.31. The third-order valence-corrected chi connectivity index (χ3v) is 3.33. The molecule has 0 saturated carbocycles. The highest BCUT2D eigenvalue weighted by Gasteiger charge is 2.11. The quantitative estimate of drug-likeness (QED) is 0.598. The third kappa shape index (κ3) is 2.77. The first-order valence-corrected chi connectivity index (χ1v) is 6.30. The first-order valence-electron chi connectivity index (χ1n) is 5.51. The van der Waals surface area contributed by atoms with Gasteiger partial charge in [0.05, 0.1) is 0 Å². The number of anilines is 2. The SMILES string of the molecule is CC(Nc1ncnc(NN)c1Br)c1ccccc1. The van der Waals surface area contributed by atoms with E-state index in [2.05, 4.69) is 55.7 Å². The molecule has 0 aliphatic heterocycles. The van der Waals surface area contributed by atoms with E-state index < -0.39 is 0 Å². The van der Waals surface area contributed by atoms with Gasteiger partial charge in [0, 0.05) is 6.04 Å². The van der Waals surface area contributed by atoms with Gasteiger partial charge in [0.2, 0.25) is 0 Å². The molecule has 0 aliphatic rings. The summed E-state index contributed by atoms with van der Waals surface area (Å²) >= 11 is 3.41. The second-order valence-electron chi connectivity index (χ2n) is 3.81. The number of hydrogen-bond acceptors (Lipinski definition) is 5. The number of benzene rings is 1. The number of rotatable bonds is 4. The predicted octanol–water partition coefficient (Wildman–Crippen LogP) is 2.70. The Morgan fingerprint density at radius 2 is 1.83 bits per heavy atom. The first-order chi connectivity index (χ1) is 8.72. The lowest BCUT2D eigenvalue weighted by molar-refractivity contribution is 0.870. The van der Waals surface area contributed by atoms with E-state index in [0.717, 1.165) is 4.47 Å². The van der Waals surface area contributed by atoms with Crippen LogP contribution in [-0.4, -0.2) is 9.97 Å². The molecular formula is C12H14BrN5. The third-order valence-electron chi connectivity index (χ3n) is 2.58. The maximum absolute atomic E-state index is 5.36. The van der Waals surface area contributed by atoms with Crippen molar-refractivity contribution in [1.82, 2.24) is 9.97 Å². The van der Waals surface area contributed by atoms with Gasteiger partial charge in [-0.2, -0.15) is 0 Å². The molecule has 1 atom stereocenters. The summed E-state index contributed by atoms with van der Waals surface area (Å²) in [7, 11) is 0. The predicted molar refractivity (Wildman–Crippen MR) is 76.0 cm³/mol. The maximum Gasteiger partial charge on any atom is 0.159 e. The van der Waals surface area contributed by atoms with Crippen molar-refractivity contribution < 1.29 is 0 Å². The second kappa shape index (κ2) is 5.79. The largest absolute Gasteiger partial charge is 0.362 e. The molecule has 0 bridgehead atoms. The molecule has 2 aromatic rings. The highest BCUT2D eigenvalue weighted by molar-refractivity contribution is 9.10. The van der Waals surface area contributed by atoms with Crippen LogP contribution in [0.25, 0.3) is 0 Å². The molecule has 0 saturated heterocycles. The molecule has 0 aliphatic carbocycles. The van der Waals surface area contributed by atoms with E-state index in [0.29, 0.717) is 11.6 Å². The van der Waals surface area contributed by atoms with Crippen molar-refractivity contribution in [2.24, 2.45) is 5.84 Å². The van der Waals surface area contributed by atoms with Crippen LogP contribution >= 0.6 is 15.9 Å². The minimum Gasteiger partial charge on any atom is -0.362 e. The van der Waals surface area contributed by atoms with Crippen molar-refractivity contribution in [3.05, 3.63) is 46.7 Å². The highest BCUT2D eigenvalue weighted by Crippen LogP contribution is 2.28. The number of hydrogen-bond donors (Lipinski definition) is 3. The smallest absolute Gasteiger partial charge is 0.159 e. The lowest BCUT2D eigenvalue weighted by atomic mass is 10.1. The molecule has 1 heterocycles. The minimum absolute atomic E-state index is 0.142. The van der Waals surface area contributed by atoms with Gasteiger partial charge in [0.1, 0.15) is 16.6 Å². The lowest BCUT2D eigenvalue weighted by Crippen LogP contribution is -2.13. The van der Waals surface area contributed by atoms with Gasteiger partial charge >= 0.3 is 0 Å². The van der Waals surface area contributed by atoms with Crippen molar-refractivity contribution in [3.63, 3.8) is 0 Å². The Bertz CT molecular complexity index is 517. The topological polar surface area (TPSA) is 75.9 Å². The van der Waals surface area contributed by atoms with Gasteiger partial charge in [-0.3, -0.25) is 0 Å². The van der Waals surface area contributed by atoms with Gasteiger partial charge in [-0.05, 0) is 28.4 Å². The van der Waals surface area contributed by atoms with E-state index in [4.69, 9.17) is 5.84 Å². The number of nitrogens with one attached hydrogen (secondary N) is 2. The molecule has 0 fully saturated rings. The van der Waals surface area contributed by atoms with Gasteiger partial charge in [-0.1, -0.05) is 30.3 Å². The van der Waals surface area contributed by atoms with Crippen LogP contribution in [0.3, 0.4) is 0 Å². The average molecular weight is 308 g/mol. The normalized spacial score (nSPS) is 11.9. The van der Waals surface area contributed by atoms with Crippen LogP contribution in [0.1, 0.15) is 18.5 Å². The number of nitrogens with zero attached hydrogens (tertiary/aromatic N) is 2. The van der Waals surface area contributed by atoms with Crippen LogP contribution in [0.5, 0.6) is 0 Å². The van der Waals surface area contributed by atoms with Crippen LogP contribution in [0.15, 0.2) is 41.1 Å². The van der Waals surface area contributed by atoms with Crippen molar-refractivity contribution in [2.45, 2.75) is 13.0 Å². The zero-order valence-electron chi connectivity index (χ0n) is 9.89. The molecule has 5 nitrogen and oxygen atoms in total. The molecule has 1 unspecified atom stereocenters. The van der Waals surface area contributed by atoms with E-state index in [1.807, 2.05) is 18.2 Å². The Labute approximate surface area is 114 Å². The van der Waals surface area contributed by atoms with Gasteiger partial charge in [-0.25, -0.2) is 15.8 Å². The fraction of sp³-hybridized carbons (Fsp3) is 0.167. The van der Waals surface area contributed by atoms with E-state index in [-0.39, 0.29) is 6.04 Å². The molecule has 6 heteroatoms. The Morgan fingerprint density at radius 1 is 1.17 bits per heavy atom. The Balaban J connectivity index is 2.19. The first kappa shape index (κ1) is 12.8. The van der Waals surface area contributed by atoms with Gasteiger partial charge < -0.3 is 10.7 Å². The summed E-state index contributed by atoms with van der Waals surface area (Å²) in [5.41, 5.74) is 3.70. The van der Waals surface area contributed by atoms with Crippen molar-refractivity contribution in [3.8, 4) is 0 Å². The standard InChI is InChI=1S/C12H14BrN5/c1-8(9-5-3-2-4-6-9)17-11-10(13)12(18-14)16-7-15-11/h2-8H,14H2,1H3,(H2,15,16,17,18). The van der Waals surface area contributed by atoms with E-state index in [9.17, 15) is 0 Å². The Kier molecular flexibility index (Phi) is 4.11. The van der Waals surface area contributed by atoms with Crippen LogP contribution in [-0.2, 0) is 0 Å². The minimum atomic E-state index is 0.142. The van der Waals surface area contributed by atoms with Gasteiger partial charge in [-0.15, -0.1) is 0 Å². The Hall–Kier alpha value is -1.66. The summed E-state index contributed by atoms with van der Waals surface area (Å²) in [5.74, 6) is 6.62. The van der Waals surface area contributed by atoms with E-state index in [1.165, 1.54) is 11.9 Å². The number of halogens is 1. The molecule has 1 aromatic carbocycles. The fourth-order valence-corrected chi connectivity index (χ4v) is 2.03. The number of nitrogen functional groups attached to an aromatic ring is 1. The van der Waals surface area contributed by atoms with E-state index in [1.54, 1.807) is 0 Å². The molecule has 1 aromatic heterocycles. The van der Waals surface area contributed by atoms with Crippen molar-refractivity contribution in [2.75, 3.05) is 10.7 Å². The van der Waals surface area contributed by atoms with Gasteiger partial charge in [0.25, 0.3) is 0 Å². The second-order valence-corrected chi connectivity index (χ2v) is 4.60. The van der Waals surface area contributed by atoms with Crippen LogP contribution < -0.4 is 16.6 Å². The van der Waals surface area contributed by atoms with E-state index >= 15 is 0 Å². The molecular weight excluding hydrogens is 294 g/mol. The number of nitrogens with two attached hydrogens (primary N) is 1. The molecule has 18 heavy (non-hydrogen) atoms. The van der Waals surface area contributed by atoms with Gasteiger partial charge in [0.15, 0.2) is 5.82 Å². The molecule has 4 N–H and O–H groups in total. The summed E-state index contributed by atoms with van der Waals surface area (Å²) < 4.78 is 0.718. The van der Waals surface area contributed by atoms with Crippen LogP contribution in [0, 0.1) is 0 Å². The Morgan fingerprint density at radius 3 is 2.50 bits per heavy atom. The monoisotopic (exact) mass is 307 g/mol. The molecule has 94 valence electrons. The number of hydrazine groups is 1.